The van der Waals surface area contributed by atoms with E-state index in [1.54, 1.807) is 24.3 Å². The van der Waals surface area contributed by atoms with Gasteiger partial charge >= 0.3 is 6.18 Å². The molecule has 2 aromatic heterocycles. The SMILES string of the molecule is FC(F)(F)c1ccc(Nc2ccccc2-c2nnc(-c3cnco3)o2)cc1. The Balaban J connectivity index is 1.62. The van der Waals surface area contributed by atoms with E-state index in [0.29, 0.717) is 22.7 Å². The number of nitrogens with one attached hydrogen (secondary N) is 1. The number of benzene rings is 2. The standard InChI is InChI=1S/C18H11F3N4O2/c19-18(20,21)11-5-7-12(8-6-11)23-14-4-2-1-3-13(14)16-24-25-17(27-16)15-9-22-10-26-15/h1-10,23H. The Kier molecular flexibility index (Phi) is 4.11. The Bertz CT molecular complexity index is 1040. The van der Waals surface area contributed by atoms with Gasteiger partial charge in [0.1, 0.15) is 0 Å². The first-order valence-corrected chi connectivity index (χ1v) is 7.77. The highest BCUT2D eigenvalue weighted by Crippen LogP contribution is 2.33. The maximum absolute atomic E-state index is 12.7. The number of rotatable bonds is 4. The number of hydrogen-bond donors (Lipinski definition) is 1. The molecule has 0 atom stereocenters. The topological polar surface area (TPSA) is 77.0 Å². The Morgan fingerprint density at radius 2 is 1.63 bits per heavy atom. The van der Waals surface area contributed by atoms with Crippen LogP contribution in [0.15, 0.2) is 70.0 Å². The molecule has 0 unspecified atom stereocenters. The minimum Gasteiger partial charge on any atom is -0.438 e. The number of anilines is 2. The molecule has 0 aliphatic carbocycles. The predicted octanol–water partition coefficient (Wildman–Crippen LogP) is 5.15. The minimum absolute atomic E-state index is 0.173. The van der Waals surface area contributed by atoms with Crippen LogP contribution in [0.1, 0.15) is 5.56 Å². The predicted molar refractivity (Wildman–Crippen MR) is 90.0 cm³/mol. The normalized spacial score (nSPS) is 11.5. The lowest BCUT2D eigenvalue weighted by Gasteiger charge is -2.11. The van der Waals surface area contributed by atoms with E-state index >= 15 is 0 Å². The monoisotopic (exact) mass is 372 g/mol. The van der Waals surface area contributed by atoms with Crippen molar-refractivity contribution in [1.29, 1.82) is 0 Å². The summed E-state index contributed by atoms with van der Waals surface area (Å²) in [4.78, 5) is 3.79. The summed E-state index contributed by atoms with van der Waals surface area (Å²) >= 11 is 0. The molecule has 0 fully saturated rings. The van der Waals surface area contributed by atoms with Crippen LogP contribution in [-0.2, 0) is 6.18 Å². The van der Waals surface area contributed by atoms with Gasteiger partial charge in [0.15, 0.2) is 6.39 Å². The molecule has 9 heteroatoms. The fraction of sp³-hybridized carbons (Fsp3) is 0.0556. The number of halogens is 3. The lowest BCUT2D eigenvalue weighted by molar-refractivity contribution is -0.137. The molecule has 2 heterocycles. The smallest absolute Gasteiger partial charge is 0.416 e. The van der Waals surface area contributed by atoms with Crippen LogP contribution in [-0.4, -0.2) is 15.2 Å². The largest absolute Gasteiger partial charge is 0.438 e. The van der Waals surface area contributed by atoms with Crippen molar-refractivity contribution < 1.29 is 22.0 Å². The fourth-order valence-electron chi connectivity index (χ4n) is 2.43. The van der Waals surface area contributed by atoms with E-state index in [1.165, 1.54) is 24.7 Å². The number of hydrogen-bond acceptors (Lipinski definition) is 6. The molecule has 2 aromatic carbocycles. The molecule has 1 N–H and O–H groups in total. The van der Waals surface area contributed by atoms with Gasteiger partial charge in [0, 0.05) is 5.69 Å². The molecule has 136 valence electrons. The molecule has 4 rings (SSSR count). The number of para-hydroxylation sites is 1. The summed E-state index contributed by atoms with van der Waals surface area (Å²) in [5.74, 6) is 0.741. The Hall–Kier alpha value is -3.62. The van der Waals surface area contributed by atoms with Crippen molar-refractivity contribution in [2.45, 2.75) is 6.18 Å². The lowest BCUT2D eigenvalue weighted by Crippen LogP contribution is -2.04. The third-order valence-electron chi connectivity index (χ3n) is 3.72. The van der Waals surface area contributed by atoms with Gasteiger partial charge in [0.2, 0.25) is 11.7 Å². The highest BCUT2D eigenvalue weighted by Gasteiger charge is 2.30. The van der Waals surface area contributed by atoms with Crippen LogP contribution in [0.3, 0.4) is 0 Å². The lowest BCUT2D eigenvalue weighted by atomic mass is 10.1. The third-order valence-corrected chi connectivity index (χ3v) is 3.72. The maximum atomic E-state index is 12.7. The second-order valence-corrected chi connectivity index (χ2v) is 5.52. The number of nitrogens with zero attached hydrogens (tertiary/aromatic N) is 3. The third kappa shape index (κ3) is 3.52. The molecule has 0 radical (unpaired) electrons. The molecule has 6 nitrogen and oxygen atoms in total. The summed E-state index contributed by atoms with van der Waals surface area (Å²) in [6, 6.07) is 11.8. The van der Waals surface area contributed by atoms with Crippen LogP contribution in [0.2, 0.25) is 0 Å². The zero-order chi connectivity index (χ0) is 18.9. The van der Waals surface area contributed by atoms with E-state index in [2.05, 4.69) is 20.5 Å². The second kappa shape index (κ2) is 6.60. The summed E-state index contributed by atoms with van der Waals surface area (Å²) in [5.41, 5.74) is 0.973. The summed E-state index contributed by atoms with van der Waals surface area (Å²) in [5, 5.41) is 11.0. The summed E-state index contributed by atoms with van der Waals surface area (Å²) in [7, 11) is 0. The maximum Gasteiger partial charge on any atom is 0.416 e. The summed E-state index contributed by atoms with van der Waals surface area (Å²) < 4.78 is 48.8. The van der Waals surface area contributed by atoms with Crippen LogP contribution >= 0.6 is 0 Å². The van der Waals surface area contributed by atoms with Gasteiger partial charge in [-0.1, -0.05) is 12.1 Å². The highest BCUT2D eigenvalue weighted by molar-refractivity contribution is 5.77. The van der Waals surface area contributed by atoms with Crippen LogP contribution in [0, 0.1) is 0 Å². The first-order valence-electron chi connectivity index (χ1n) is 7.77. The van der Waals surface area contributed by atoms with E-state index in [0.717, 1.165) is 12.1 Å². The number of oxazole rings is 1. The average Bonchev–Trinajstić information content (AvgIpc) is 3.34. The quantitative estimate of drug-likeness (QED) is 0.534. The number of alkyl halides is 3. The van der Waals surface area contributed by atoms with Gasteiger partial charge in [-0.25, -0.2) is 4.98 Å². The molecule has 0 aliphatic rings. The van der Waals surface area contributed by atoms with Gasteiger partial charge < -0.3 is 14.2 Å². The second-order valence-electron chi connectivity index (χ2n) is 5.52. The zero-order valence-corrected chi connectivity index (χ0v) is 13.6. The van der Waals surface area contributed by atoms with Crippen molar-refractivity contribution in [3.05, 3.63) is 66.7 Å². The van der Waals surface area contributed by atoms with Crippen molar-refractivity contribution in [3.63, 3.8) is 0 Å². The Morgan fingerprint density at radius 1 is 0.889 bits per heavy atom. The minimum atomic E-state index is -4.38. The van der Waals surface area contributed by atoms with Gasteiger partial charge in [-0.15, -0.1) is 10.2 Å². The van der Waals surface area contributed by atoms with Gasteiger partial charge in [0.05, 0.1) is 23.0 Å². The molecular weight excluding hydrogens is 361 g/mol. The van der Waals surface area contributed by atoms with Crippen molar-refractivity contribution in [2.24, 2.45) is 0 Å². The molecule has 0 saturated carbocycles. The Morgan fingerprint density at radius 3 is 2.33 bits per heavy atom. The zero-order valence-electron chi connectivity index (χ0n) is 13.6. The number of aromatic nitrogens is 3. The van der Waals surface area contributed by atoms with E-state index in [1.807, 2.05) is 0 Å². The molecule has 0 spiro atoms. The van der Waals surface area contributed by atoms with E-state index < -0.39 is 11.7 Å². The van der Waals surface area contributed by atoms with Crippen molar-refractivity contribution in [1.82, 2.24) is 15.2 Å². The van der Waals surface area contributed by atoms with Gasteiger partial charge in [-0.05, 0) is 36.4 Å². The molecule has 4 aromatic rings. The van der Waals surface area contributed by atoms with Crippen LogP contribution in [0.25, 0.3) is 23.1 Å². The Labute approximate surface area is 150 Å². The van der Waals surface area contributed by atoms with Gasteiger partial charge in [-0.3, -0.25) is 0 Å². The molecular formula is C18H11F3N4O2. The van der Waals surface area contributed by atoms with E-state index in [9.17, 15) is 13.2 Å². The molecule has 0 bridgehead atoms. The fourth-order valence-corrected chi connectivity index (χ4v) is 2.43. The van der Waals surface area contributed by atoms with Crippen molar-refractivity contribution >= 4 is 11.4 Å². The van der Waals surface area contributed by atoms with Crippen molar-refractivity contribution in [2.75, 3.05) is 5.32 Å². The van der Waals surface area contributed by atoms with Crippen molar-refractivity contribution in [3.8, 4) is 23.1 Å². The summed E-state index contributed by atoms with van der Waals surface area (Å²) in [6.45, 7) is 0. The molecule has 27 heavy (non-hydrogen) atoms. The van der Waals surface area contributed by atoms with E-state index in [-0.39, 0.29) is 11.8 Å². The van der Waals surface area contributed by atoms with Crippen LogP contribution < -0.4 is 5.32 Å². The first-order chi connectivity index (χ1) is 13.0. The average molecular weight is 372 g/mol. The van der Waals surface area contributed by atoms with Gasteiger partial charge in [0.25, 0.3) is 5.89 Å². The molecule has 0 amide bonds. The van der Waals surface area contributed by atoms with Crippen LogP contribution in [0.5, 0.6) is 0 Å². The summed E-state index contributed by atoms with van der Waals surface area (Å²) in [6.07, 6.45) is -1.68. The molecule has 0 aliphatic heterocycles. The van der Waals surface area contributed by atoms with E-state index in [4.69, 9.17) is 8.83 Å². The highest BCUT2D eigenvalue weighted by atomic mass is 19.4. The first kappa shape index (κ1) is 16.8. The van der Waals surface area contributed by atoms with Gasteiger partial charge in [-0.2, -0.15) is 13.2 Å². The molecule has 0 saturated heterocycles. The van der Waals surface area contributed by atoms with Crippen LogP contribution in [0.4, 0.5) is 24.5 Å².